The van der Waals surface area contributed by atoms with Crippen molar-refractivity contribution in [3.8, 4) is 23.0 Å². The van der Waals surface area contributed by atoms with E-state index in [1.54, 1.807) is 23.1 Å². The highest BCUT2D eigenvalue weighted by Crippen LogP contribution is 2.37. The Hall–Kier alpha value is -3.06. The van der Waals surface area contributed by atoms with Gasteiger partial charge in [0, 0.05) is 24.4 Å². The second kappa shape index (κ2) is 6.28. The van der Waals surface area contributed by atoms with Gasteiger partial charge in [-0.05, 0) is 30.3 Å². The summed E-state index contributed by atoms with van der Waals surface area (Å²) in [5.41, 5.74) is 1.44. The molecule has 2 aliphatic heterocycles. The van der Waals surface area contributed by atoms with Gasteiger partial charge in [-0.3, -0.25) is 4.79 Å². The smallest absolute Gasteiger partial charge is 0.258 e. The van der Waals surface area contributed by atoms with Crippen molar-refractivity contribution in [3.63, 3.8) is 0 Å². The molecule has 1 unspecified atom stereocenters. The molecule has 1 saturated heterocycles. The van der Waals surface area contributed by atoms with E-state index in [1.807, 2.05) is 24.3 Å². The molecule has 0 spiro atoms. The SMILES string of the molecule is O=C1CC(c2noc(-c3ccc4c(c3)OCO4)n2)CN1c1ccccc1Cl. The first kappa shape index (κ1) is 16.1. The third-order valence-electron chi connectivity index (χ3n) is 4.69. The average Bonchev–Trinajstić information content (AvgIpc) is 3.40. The van der Waals surface area contributed by atoms with Crippen LogP contribution in [-0.4, -0.2) is 29.4 Å². The van der Waals surface area contributed by atoms with Gasteiger partial charge in [-0.1, -0.05) is 28.9 Å². The first-order valence-corrected chi connectivity index (χ1v) is 8.85. The van der Waals surface area contributed by atoms with Crippen LogP contribution in [0.15, 0.2) is 47.0 Å². The molecule has 1 aromatic heterocycles. The summed E-state index contributed by atoms with van der Waals surface area (Å²) in [5, 5.41) is 4.63. The van der Waals surface area contributed by atoms with Crippen LogP contribution in [0.25, 0.3) is 11.5 Å². The Balaban J connectivity index is 1.39. The molecule has 27 heavy (non-hydrogen) atoms. The molecule has 1 amide bonds. The van der Waals surface area contributed by atoms with Gasteiger partial charge in [-0.25, -0.2) is 0 Å². The summed E-state index contributed by atoms with van der Waals surface area (Å²) < 4.78 is 16.1. The topological polar surface area (TPSA) is 77.7 Å². The lowest BCUT2D eigenvalue weighted by molar-refractivity contribution is -0.117. The average molecular weight is 384 g/mol. The van der Waals surface area contributed by atoms with Gasteiger partial charge in [-0.15, -0.1) is 0 Å². The third kappa shape index (κ3) is 2.80. The maximum atomic E-state index is 12.5. The van der Waals surface area contributed by atoms with Crippen molar-refractivity contribution in [2.75, 3.05) is 18.2 Å². The molecule has 3 aromatic rings. The molecule has 0 aliphatic carbocycles. The van der Waals surface area contributed by atoms with Crippen molar-refractivity contribution in [3.05, 3.63) is 53.3 Å². The van der Waals surface area contributed by atoms with Crippen LogP contribution in [0.5, 0.6) is 11.5 Å². The minimum atomic E-state index is -0.153. The van der Waals surface area contributed by atoms with E-state index in [2.05, 4.69) is 10.1 Å². The van der Waals surface area contributed by atoms with Crippen molar-refractivity contribution >= 4 is 23.2 Å². The number of aromatic nitrogens is 2. The van der Waals surface area contributed by atoms with Gasteiger partial charge in [0.1, 0.15) is 0 Å². The second-order valence-corrected chi connectivity index (χ2v) is 6.79. The van der Waals surface area contributed by atoms with E-state index >= 15 is 0 Å². The van der Waals surface area contributed by atoms with Gasteiger partial charge in [-0.2, -0.15) is 4.98 Å². The lowest BCUT2D eigenvalue weighted by Gasteiger charge is -2.17. The normalized spacial score (nSPS) is 18.3. The van der Waals surface area contributed by atoms with Crippen LogP contribution in [0.2, 0.25) is 5.02 Å². The van der Waals surface area contributed by atoms with Crippen LogP contribution in [0, 0.1) is 0 Å². The highest BCUT2D eigenvalue weighted by molar-refractivity contribution is 6.33. The number of ether oxygens (including phenoxy) is 2. The van der Waals surface area contributed by atoms with Crippen molar-refractivity contribution < 1.29 is 18.8 Å². The number of fused-ring (bicyclic) bond motifs is 1. The fraction of sp³-hybridized carbons (Fsp3) is 0.211. The maximum Gasteiger partial charge on any atom is 0.258 e. The Morgan fingerprint density at radius 1 is 1.11 bits per heavy atom. The van der Waals surface area contributed by atoms with Gasteiger partial charge in [0.05, 0.1) is 10.7 Å². The molecular formula is C19H14ClN3O4. The molecule has 3 heterocycles. The number of hydrogen-bond acceptors (Lipinski definition) is 6. The van der Waals surface area contributed by atoms with E-state index in [0.29, 0.717) is 46.9 Å². The zero-order valence-electron chi connectivity index (χ0n) is 14.1. The molecule has 8 heteroatoms. The summed E-state index contributed by atoms with van der Waals surface area (Å²) in [4.78, 5) is 18.6. The van der Waals surface area contributed by atoms with Crippen LogP contribution in [0.1, 0.15) is 18.2 Å². The maximum absolute atomic E-state index is 12.5. The number of carbonyl (C=O) groups is 1. The van der Waals surface area contributed by atoms with Crippen LogP contribution < -0.4 is 14.4 Å². The van der Waals surface area contributed by atoms with E-state index in [-0.39, 0.29) is 18.6 Å². The summed E-state index contributed by atoms with van der Waals surface area (Å²) in [6.45, 7) is 0.665. The summed E-state index contributed by atoms with van der Waals surface area (Å²) in [5.74, 6) is 2.06. The molecule has 0 bridgehead atoms. The van der Waals surface area contributed by atoms with Gasteiger partial charge in [0.25, 0.3) is 5.89 Å². The summed E-state index contributed by atoms with van der Waals surface area (Å²) in [6.07, 6.45) is 0.311. The van der Waals surface area contributed by atoms with Crippen molar-refractivity contribution in [1.82, 2.24) is 10.1 Å². The van der Waals surface area contributed by atoms with E-state index < -0.39 is 0 Å². The van der Waals surface area contributed by atoms with Crippen LogP contribution in [0.4, 0.5) is 5.69 Å². The number of carbonyl (C=O) groups excluding carboxylic acids is 1. The first-order chi connectivity index (χ1) is 13.2. The largest absolute Gasteiger partial charge is 0.454 e. The van der Waals surface area contributed by atoms with Crippen molar-refractivity contribution in [2.45, 2.75) is 12.3 Å². The molecule has 2 aromatic carbocycles. The van der Waals surface area contributed by atoms with Crippen LogP contribution in [0.3, 0.4) is 0 Å². The van der Waals surface area contributed by atoms with Gasteiger partial charge >= 0.3 is 0 Å². The van der Waals surface area contributed by atoms with Crippen molar-refractivity contribution in [2.24, 2.45) is 0 Å². The number of rotatable bonds is 3. The molecular weight excluding hydrogens is 370 g/mol. The summed E-state index contributed by atoms with van der Waals surface area (Å²) >= 11 is 6.23. The minimum Gasteiger partial charge on any atom is -0.454 e. The lowest BCUT2D eigenvalue weighted by Crippen LogP contribution is -2.24. The van der Waals surface area contributed by atoms with Crippen molar-refractivity contribution in [1.29, 1.82) is 0 Å². The number of amides is 1. The molecule has 5 rings (SSSR count). The number of nitrogens with zero attached hydrogens (tertiary/aromatic N) is 3. The van der Waals surface area contributed by atoms with Gasteiger partial charge in [0.2, 0.25) is 12.7 Å². The number of halogens is 1. The van der Waals surface area contributed by atoms with Crippen LogP contribution in [-0.2, 0) is 4.79 Å². The molecule has 0 radical (unpaired) electrons. The molecule has 2 aliphatic rings. The molecule has 0 N–H and O–H groups in total. The Morgan fingerprint density at radius 2 is 1.96 bits per heavy atom. The van der Waals surface area contributed by atoms with Crippen LogP contribution >= 0.6 is 11.6 Å². The summed E-state index contributed by atoms with van der Waals surface area (Å²) in [6, 6.07) is 12.7. The van der Waals surface area contributed by atoms with E-state index in [1.165, 1.54) is 0 Å². The van der Waals surface area contributed by atoms with E-state index in [0.717, 1.165) is 5.56 Å². The molecule has 0 saturated carbocycles. The lowest BCUT2D eigenvalue weighted by atomic mass is 10.1. The van der Waals surface area contributed by atoms with Gasteiger partial charge < -0.3 is 18.9 Å². The van der Waals surface area contributed by atoms with E-state index in [4.69, 9.17) is 25.6 Å². The molecule has 1 fully saturated rings. The number of benzene rings is 2. The molecule has 7 nitrogen and oxygen atoms in total. The molecule has 1 atom stereocenters. The predicted octanol–water partition coefficient (Wildman–Crippen LogP) is 3.64. The third-order valence-corrected chi connectivity index (χ3v) is 5.01. The number of anilines is 1. The quantitative estimate of drug-likeness (QED) is 0.687. The standard InChI is InChI=1S/C19H14ClN3O4/c20-13-3-1-2-4-14(13)23-9-12(8-17(23)24)18-21-19(27-22-18)11-5-6-15-16(7-11)26-10-25-15/h1-7,12H,8-10H2. The van der Waals surface area contributed by atoms with E-state index in [9.17, 15) is 4.79 Å². The number of para-hydroxylation sites is 1. The fourth-order valence-electron chi connectivity index (χ4n) is 3.33. The Kier molecular flexibility index (Phi) is 3.75. The number of hydrogen-bond donors (Lipinski definition) is 0. The first-order valence-electron chi connectivity index (χ1n) is 8.47. The Morgan fingerprint density at radius 3 is 2.85 bits per heavy atom. The summed E-state index contributed by atoms with van der Waals surface area (Å²) in [7, 11) is 0. The predicted molar refractivity (Wildman–Crippen MR) is 97.0 cm³/mol. The Labute approximate surface area is 159 Å². The highest BCUT2D eigenvalue weighted by atomic mass is 35.5. The zero-order chi connectivity index (χ0) is 18.4. The minimum absolute atomic E-state index is 0.0115. The molecule has 136 valence electrons. The monoisotopic (exact) mass is 383 g/mol. The Bertz CT molecular complexity index is 1040. The zero-order valence-corrected chi connectivity index (χ0v) is 14.8. The van der Waals surface area contributed by atoms with Gasteiger partial charge in [0.15, 0.2) is 17.3 Å². The second-order valence-electron chi connectivity index (χ2n) is 6.38. The fourth-order valence-corrected chi connectivity index (χ4v) is 3.57. The highest BCUT2D eigenvalue weighted by Gasteiger charge is 2.35.